The lowest BCUT2D eigenvalue weighted by molar-refractivity contribution is 0.600. The predicted octanol–water partition coefficient (Wildman–Crippen LogP) is 5.10. The molecule has 18 heavy (non-hydrogen) atoms. The third-order valence-corrected chi connectivity index (χ3v) is 4.74. The average molecular weight is 392 g/mol. The van der Waals surface area contributed by atoms with Crippen molar-refractivity contribution in [2.75, 3.05) is 6.54 Å². The number of thiophene rings is 1. The van der Waals surface area contributed by atoms with E-state index in [1.807, 2.05) is 18.2 Å². The van der Waals surface area contributed by atoms with Crippen LogP contribution < -0.4 is 5.32 Å². The Morgan fingerprint density at radius 3 is 2.78 bits per heavy atom. The van der Waals surface area contributed by atoms with E-state index in [1.54, 1.807) is 11.3 Å². The van der Waals surface area contributed by atoms with Gasteiger partial charge in [-0.15, -0.1) is 11.3 Å². The van der Waals surface area contributed by atoms with Crippen LogP contribution in [0.5, 0.6) is 0 Å². The molecule has 0 amide bonds. The molecule has 0 aliphatic rings. The molecule has 1 heterocycles. The van der Waals surface area contributed by atoms with Gasteiger partial charge in [0.25, 0.3) is 0 Å². The molecule has 0 bridgehead atoms. The molecule has 1 nitrogen and oxygen atoms in total. The molecule has 96 valence electrons. The second-order valence-corrected chi connectivity index (χ2v) is 7.37. The lowest BCUT2D eigenvalue weighted by Crippen LogP contribution is -2.22. The van der Waals surface area contributed by atoms with Crippen molar-refractivity contribution < 1.29 is 0 Å². The summed E-state index contributed by atoms with van der Waals surface area (Å²) in [5.74, 6) is 0. The molecule has 1 atom stereocenters. The number of hydrogen-bond donors (Lipinski definition) is 1. The van der Waals surface area contributed by atoms with Crippen molar-refractivity contribution in [1.82, 2.24) is 5.32 Å². The van der Waals surface area contributed by atoms with Gasteiger partial charge in [-0.1, -0.05) is 30.7 Å². The van der Waals surface area contributed by atoms with Crippen molar-refractivity contribution in [3.8, 4) is 0 Å². The van der Waals surface area contributed by atoms with Gasteiger partial charge in [0, 0.05) is 5.02 Å². The van der Waals surface area contributed by atoms with Crippen molar-refractivity contribution in [2.45, 2.75) is 19.4 Å². The number of halogens is 2. The highest BCUT2D eigenvalue weighted by Gasteiger charge is 2.14. The number of nitrogens with one attached hydrogen (secondary N) is 1. The third-order valence-electron chi connectivity index (χ3n) is 2.70. The first-order valence-electron chi connectivity index (χ1n) is 5.93. The summed E-state index contributed by atoms with van der Waals surface area (Å²) in [5.41, 5.74) is 2.55. The Morgan fingerprint density at radius 1 is 1.33 bits per heavy atom. The fourth-order valence-electron chi connectivity index (χ4n) is 1.88. The molecule has 2 aromatic rings. The van der Waals surface area contributed by atoms with Gasteiger partial charge in [0.15, 0.2) is 0 Å². The van der Waals surface area contributed by atoms with E-state index in [0.29, 0.717) is 0 Å². The van der Waals surface area contributed by atoms with Gasteiger partial charge in [0.2, 0.25) is 0 Å². The Morgan fingerprint density at radius 2 is 2.17 bits per heavy atom. The first kappa shape index (κ1) is 14.3. The van der Waals surface area contributed by atoms with Crippen LogP contribution in [0.15, 0.2) is 35.7 Å². The largest absolute Gasteiger partial charge is 0.306 e. The second-order valence-electron chi connectivity index (χ2n) is 4.13. The molecule has 2 rings (SSSR count). The molecule has 1 unspecified atom stereocenters. The SMILES string of the molecule is CCCNC(c1cccc(Cl)c1)c1csc(I)c1. The topological polar surface area (TPSA) is 12.0 Å². The number of hydrogen-bond acceptors (Lipinski definition) is 2. The molecule has 0 aliphatic heterocycles. The zero-order valence-electron chi connectivity index (χ0n) is 10.1. The van der Waals surface area contributed by atoms with Crippen LogP contribution in [0.3, 0.4) is 0 Å². The molecular weight excluding hydrogens is 377 g/mol. The summed E-state index contributed by atoms with van der Waals surface area (Å²) >= 11 is 10.2. The summed E-state index contributed by atoms with van der Waals surface area (Å²) in [6, 6.07) is 10.6. The van der Waals surface area contributed by atoms with E-state index < -0.39 is 0 Å². The molecule has 0 saturated heterocycles. The molecule has 0 radical (unpaired) electrons. The molecule has 1 aromatic heterocycles. The summed E-state index contributed by atoms with van der Waals surface area (Å²) in [4.78, 5) is 0. The normalized spacial score (nSPS) is 12.6. The van der Waals surface area contributed by atoms with Crippen molar-refractivity contribution >= 4 is 45.5 Å². The minimum atomic E-state index is 0.239. The number of benzene rings is 1. The maximum Gasteiger partial charge on any atom is 0.0656 e. The van der Waals surface area contributed by atoms with Gasteiger partial charge in [-0.2, -0.15) is 0 Å². The molecule has 1 N–H and O–H groups in total. The average Bonchev–Trinajstić information content (AvgIpc) is 2.76. The van der Waals surface area contributed by atoms with E-state index in [9.17, 15) is 0 Å². The highest BCUT2D eigenvalue weighted by atomic mass is 127. The van der Waals surface area contributed by atoms with Crippen LogP contribution in [0.25, 0.3) is 0 Å². The van der Waals surface area contributed by atoms with E-state index in [0.717, 1.165) is 18.0 Å². The molecule has 0 saturated carbocycles. The zero-order chi connectivity index (χ0) is 13.0. The first-order valence-corrected chi connectivity index (χ1v) is 8.27. The molecule has 0 spiro atoms. The Kier molecular flexibility index (Phi) is 5.48. The van der Waals surface area contributed by atoms with Crippen molar-refractivity contribution in [3.05, 3.63) is 54.7 Å². The van der Waals surface area contributed by atoms with Gasteiger partial charge >= 0.3 is 0 Å². The number of rotatable bonds is 5. The fourth-order valence-corrected chi connectivity index (χ4v) is 3.47. The summed E-state index contributed by atoms with van der Waals surface area (Å²) in [6.07, 6.45) is 1.12. The van der Waals surface area contributed by atoms with Crippen LogP contribution in [-0.4, -0.2) is 6.54 Å². The quantitative estimate of drug-likeness (QED) is 0.700. The summed E-state index contributed by atoms with van der Waals surface area (Å²) < 4.78 is 1.31. The predicted molar refractivity (Wildman–Crippen MR) is 88.6 cm³/mol. The van der Waals surface area contributed by atoms with Gasteiger partial charge in [-0.3, -0.25) is 0 Å². The Bertz CT molecular complexity index is 512. The van der Waals surface area contributed by atoms with Gasteiger partial charge < -0.3 is 5.32 Å². The monoisotopic (exact) mass is 391 g/mol. The van der Waals surface area contributed by atoms with E-state index in [4.69, 9.17) is 11.6 Å². The van der Waals surface area contributed by atoms with E-state index in [1.165, 1.54) is 14.0 Å². The maximum absolute atomic E-state index is 6.09. The molecule has 1 aromatic carbocycles. The first-order chi connectivity index (χ1) is 8.70. The van der Waals surface area contributed by atoms with E-state index in [2.05, 4.69) is 52.3 Å². The van der Waals surface area contributed by atoms with E-state index in [-0.39, 0.29) is 6.04 Å². The summed E-state index contributed by atoms with van der Waals surface area (Å²) in [5, 5.41) is 6.60. The van der Waals surface area contributed by atoms with Crippen molar-refractivity contribution in [3.63, 3.8) is 0 Å². The highest BCUT2D eigenvalue weighted by molar-refractivity contribution is 14.1. The smallest absolute Gasteiger partial charge is 0.0656 e. The molecule has 0 aliphatic carbocycles. The van der Waals surface area contributed by atoms with Crippen molar-refractivity contribution in [1.29, 1.82) is 0 Å². The second kappa shape index (κ2) is 6.89. The Hall–Kier alpha value is -0.100. The summed E-state index contributed by atoms with van der Waals surface area (Å²) in [7, 11) is 0. The standard InChI is InChI=1S/C14H15ClINS/c1-2-6-17-14(11-8-13(16)18-9-11)10-4-3-5-12(15)7-10/h3-5,7-9,14,17H,2,6H2,1H3. The molecular formula is C14H15ClINS. The maximum atomic E-state index is 6.09. The van der Waals surface area contributed by atoms with Gasteiger partial charge in [-0.05, 0) is 70.3 Å². The molecule has 4 heteroatoms. The van der Waals surface area contributed by atoms with Crippen LogP contribution >= 0.6 is 45.5 Å². The Labute approximate surface area is 131 Å². The minimum absolute atomic E-state index is 0.239. The summed E-state index contributed by atoms with van der Waals surface area (Å²) in [6.45, 7) is 3.18. The lowest BCUT2D eigenvalue weighted by atomic mass is 10.0. The molecule has 0 fully saturated rings. The zero-order valence-corrected chi connectivity index (χ0v) is 13.8. The minimum Gasteiger partial charge on any atom is -0.306 e. The van der Waals surface area contributed by atoms with Crippen LogP contribution in [0.1, 0.15) is 30.5 Å². The Balaban J connectivity index is 2.30. The van der Waals surface area contributed by atoms with E-state index >= 15 is 0 Å². The van der Waals surface area contributed by atoms with Crippen molar-refractivity contribution in [2.24, 2.45) is 0 Å². The van der Waals surface area contributed by atoms with Gasteiger partial charge in [0.05, 0.1) is 8.93 Å². The van der Waals surface area contributed by atoms with Crippen LogP contribution in [0, 0.1) is 2.88 Å². The van der Waals surface area contributed by atoms with Crippen LogP contribution in [0.2, 0.25) is 5.02 Å². The van der Waals surface area contributed by atoms with Gasteiger partial charge in [0.1, 0.15) is 0 Å². The highest BCUT2D eigenvalue weighted by Crippen LogP contribution is 2.28. The van der Waals surface area contributed by atoms with Crippen LogP contribution in [0.4, 0.5) is 0 Å². The fraction of sp³-hybridized carbons (Fsp3) is 0.286. The van der Waals surface area contributed by atoms with Gasteiger partial charge in [-0.25, -0.2) is 0 Å². The third kappa shape index (κ3) is 3.70. The lowest BCUT2D eigenvalue weighted by Gasteiger charge is -2.18. The van der Waals surface area contributed by atoms with Crippen LogP contribution in [-0.2, 0) is 0 Å².